The Balaban J connectivity index is 2.09. The van der Waals surface area contributed by atoms with E-state index in [4.69, 9.17) is 6.42 Å². The van der Waals surface area contributed by atoms with Gasteiger partial charge in [0.2, 0.25) is 0 Å². The zero-order valence-electron chi connectivity index (χ0n) is 9.79. The fourth-order valence-electron chi connectivity index (χ4n) is 1.68. The summed E-state index contributed by atoms with van der Waals surface area (Å²) in [7, 11) is 0. The average Bonchev–Trinajstić information content (AvgIpc) is 2.89. The summed E-state index contributed by atoms with van der Waals surface area (Å²) < 4.78 is 7.48. The van der Waals surface area contributed by atoms with Gasteiger partial charge in [0.1, 0.15) is 0 Å². The molecular formula is C13H9IN5-. The number of nitrogens with one attached hydrogen (secondary N) is 1. The molecule has 2 heterocycles. The van der Waals surface area contributed by atoms with Gasteiger partial charge in [0.25, 0.3) is 0 Å². The second kappa shape index (κ2) is 5.24. The summed E-state index contributed by atoms with van der Waals surface area (Å²) in [5.41, 5.74) is 1.69. The molecule has 0 atom stereocenters. The van der Waals surface area contributed by atoms with Gasteiger partial charge in [-0.3, -0.25) is 0 Å². The van der Waals surface area contributed by atoms with Crippen molar-refractivity contribution in [1.29, 1.82) is 0 Å². The van der Waals surface area contributed by atoms with E-state index in [2.05, 4.69) is 22.8 Å². The summed E-state index contributed by atoms with van der Waals surface area (Å²) in [6.45, 7) is 0. The summed E-state index contributed by atoms with van der Waals surface area (Å²) in [6, 6.07) is 13.6. The van der Waals surface area contributed by atoms with Crippen LogP contribution in [0.4, 0.5) is 5.82 Å². The number of halogens is 1. The molecule has 0 bridgehead atoms. The zero-order chi connectivity index (χ0) is 13.1. The molecule has 19 heavy (non-hydrogen) atoms. The van der Waals surface area contributed by atoms with E-state index in [-0.39, 0.29) is 0 Å². The van der Waals surface area contributed by atoms with Crippen LogP contribution in [-0.4, -0.2) is 19.8 Å². The first-order valence-corrected chi connectivity index (χ1v) is 7.66. The van der Waals surface area contributed by atoms with Gasteiger partial charge < -0.3 is 0 Å². The van der Waals surface area contributed by atoms with Crippen LogP contribution in [0.3, 0.4) is 0 Å². The molecule has 3 rings (SSSR count). The van der Waals surface area contributed by atoms with Crippen molar-refractivity contribution in [2.45, 2.75) is 0 Å². The Morgan fingerprint density at radius 3 is 2.74 bits per heavy atom. The number of hydrogen-bond acceptors (Lipinski definition) is 4. The van der Waals surface area contributed by atoms with Crippen molar-refractivity contribution in [2.75, 3.05) is 3.53 Å². The van der Waals surface area contributed by atoms with Crippen molar-refractivity contribution < 1.29 is 21.5 Å². The fraction of sp³-hybridized carbons (Fsp3) is 0. The van der Waals surface area contributed by atoms with Crippen molar-refractivity contribution in [3.8, 4) is 21.7 Å². The predicted molar refractivity (Wildman–Crippen MR) is 68.7 cm³/mol. The van der Waals surface area contributed by atoms with Crippen molar-refractivity contribution in [3.63, 3.8) is 0 Å². The van der Waals surface area contributed by atoms with Crippen LogP contribution < -0.4 is 25.0 Å². The van der Waals surface area contributed by atoms with E-state index < -0.39 is 21.5 Å². The monoisotopic (exact) mass is 362 g/mol. The fourth-order valence-corrected chi connectivity index (χ4v) is 2.40. The number of benzene rings is 1. The van der Waals surface area contributed by atoms with E-state index in [1.165, 1.54) is 0 Å². The summed E-state index contributed by atoms with van der Waals surface area (Å²) in [4.78, 5) is 0. The van der Waals surface area contributed by atoms with Crippen LogP contribution >= 0.6 is 0 Å². The van der Waals surface area contributed by atoms with Crippen LogP contribution in [0.2, 0.25) is 0 Å². The Morgan fingerprint density at radius 2 is 1.95 bits per heavy atom. The SMILES string of the molecule is C#C[I-]Nc1ccc2nnc(-c3ccccc3)n2n1. The molecule has 0 aliphatic rings. The second-order valence-electron chi connectivity index (χ2n) is 3.68. The summed E-state index contributed by atoms with van der Waals surface area (Å²) in [5, 5.41) is 12.7. The van der Waals surface area contributed by atoms with E-state index in [1.807, 2.05) is 42.5 Å². The third-order valence-electron chi connectivity index (χ3n) is 2.49. The molecule has 0 aliphatic heterocycles. The molecule has 0 amide bonds. The summed E-state index contributed by atoms with van der Waals surface area (Å²) >= 11 is -0.497. The van der Waals surface area contributed by atoms with Gasteiger partial charge in [-0.2, -0.15) is 0 Å². The van der Waals surface area contributed by atoms with Crippen LogP contribution in [0.5, 0.6) is 0 Å². The van der Waals surface area contributed by atoms with Crippen molar-refractivity contribution in [3.05, 3.63) is 42.5 Å². The summed E-state index contributed by atoms with van der Waals surface area (Å²) in [6.07, 6.45) is 5.27. The van der Waals surface area contributed by atoms with Gasteiger partial charge in [-0.25, -0.2) is 0 Å². The minimum atomic E-state index is -0.497. The van der Waals surface area contributed by atoms with E-state index in [1.54, 1.807) is 4.52 Å². The number of hydrogen-bond donors (Lipinski definition) is 1. The van der Waals surface area contributed by atoms with Gasteiger partial charge in [-0.15, -0.1) is 0 Å². The molecule has 0 fully saturated rings. The topological polar surface area (TPSA) is 55.1 Å². The van der Waals surface area contributed by atoms with Gasteiger partial charge in [-0.1, -0.05) is 0 Å². The van der Waals surface area contributed by atoms with E-state index in [0.29, 0.717) is 5.65 Å². The Kier molecular flexibility index (Phi) is 3.29. The average molecular weight is 362 g/mol. The molecule has 1 N–H and O–H groups in total. The first-order chi connectivity index (χ1) is 9.38. The van der Waals surface area contributed by atoms with Crippen LogP contribution in [0, 0.1) is 10.4 Å². The van der Waals surface area contributed by atoms with Crippen LogP contribution in [0.25, 0.3) is 17.0 Å². The molecule has 1 aromatic carbocycles. The number of nitrogens with zero attached hydrogens (tertiary/aromatic N) is 4. The van der Waals surface area contributed by atoms with E-state index in [0.717, 1.165) is 17.2 Å². The Labute approximate surface area is 120 Å². The zero-order valence-corrected chi connectivity index (χ0v) is 11.9. The molecule has 6 heteroatoms. The van der Waals surface area contributed by atoms with Crippen LogP contribution in [0.1, 0.15) is 0 Å². The molecule has 94 valence electrons. The third kappa shape index (κ3) is 2.37. The molecule has 0 radical (unpaired) electrons. The normalized spacial score (nSPS) is 10.5. The molecule has 0 spiro atoms. The number of terminal acetylenes is 1. The number of fused-ring (bicyclic) bond motifs is 1. The molecule has 0 saturated carbocycles. The van der Waals surface area contributed by atoms with E-state index >= 15 is 0 Å². The van der Waals surface area contributed by atoms with Crippen LogP contribution in [0.15, 0.2) is 42.5 Å². The molecule has 5 nitrogen and oxygen atoms in total. The number of anilines is 1. The Hall–Kier alpha value is -2.14. The van der Waals surface area contributed by atoms with Gasteiger partial charge in [-0.05, 0) is 0 Å². The van der Waals surface area contributed by atoms with Gasteiger partial charge in [0, 0.05) is 0 Å². The second-order valence-corrected chi connectivity index (χ2v) is 5.38. The summed E-state index contributed by atoms with van der Waals surface area (Å²) in [5.74, 6) is 1.47. The van der Waals surface area contributed by atoms with Crippen molar-refractivity contribution in [2.24, 2.45) is 0 Å². The Bertz CT molecular complexity index is 745. The quantitative estimate of drug-likeness (QED) is 0.361. The standard InChI is InChI=1S/C13H9IN5/c1-2-14-15-11-8-9-12-16-17-13(19(12)18-11)10-6-4-3-5-7-10/h1,3-9H,(H,15,18)/q-1. The maximum atomic E-state index is 5.27. The van der Waals surface area contributed by atoms with Gasteiger partial charge >= 0.3 is 120 Å². The number of rotatable bonds is 3. The molecule has 2 aromatic heterocycles. The van der Waals surface area contributed by atoms with Crippen molar-refractivity contribution in [1.82, 2.24) is 19.8 Å². The predicted octanol–water partition coefficient (Wildman–Crippen LogP) is -1.20. The molecule has 0 aliphatic carbocycles. The van der Waals surface area contributed by atoms with Gasteiger partial charge in [0.05, 0.1) is 0 Å². The molecule has 3 aromatic rings. The molecule has 0 unspecified atom stereocenters. The minimum absolute atomic E-state index is 0.497. The van der Waals surface area contributed by atoms with E-state index in [9.17, 15) is 0 Å². The first-order valence-electron chi connectivity index (χ1n) is 5.51. The third-order valence-corrected chi connectivity index (χ3v) is 3.63. The molecule has 0 saturated heterocycles. The number of aromatic nitrogens is 4. The van der Waals surface area contributed by atoms with Crippen LogP contribution in [-0.2, 0) is 0 Å². The van der Waals surface area contributed by atoms with Crippen molar-refractivity contribution >= 4 is 11.5 Å². The van der Waals surface area contributed by atoms with Gasteiger partial charge in [0.15, 0.2) is 0 Å². The maximum absolute atomic E-state index is 5.27. The Morgan fingerprint density at radius 1 is 1.11 bits per heavy atom. The first kappa shape index (κ1) is 11.9. The molecular weight excluding hydrogens is 353 g/mol.